The molecular weight excluding hydrogens is 437 g/mol. The summed E-state index contributed by atoms with van der Waals surface area (Å²) in [5.74, 6) is 0.667. The van der Waals surface area contributed by atoms with E-state index in [1.54, 1.807) is 12.1 Å². The summed E-state index contributed by atoms with van der Waals surface area (Å²) in [6.45, 7) is 1.67. The van der Waals surface area contributed by atoms with Gasteiger partial charge in [0.15, 0.2) is 0 Å². The van der Waals surface area contributed by atoms with Gasteiger partial charge in [-0.3, -0.25) is 14.5 Å². The Hall–Kier alpha value is -2.19. The van der Waals surface area contributed by atoms with Crippen LogP contribution in [-0.2, 0) is 20.9 Å². The van der Waals surface area contributed by atoms with E-state index in [2.05, 4.69) is 4.90 Å². The lowest BCUT2D eigenvalue weighted by molar-refractivity contribution is -0.133. The van der Waals surface area contributed by atoms with Crippen LogP contribution in [0.3, 0.4) is 0 Å². The Labute approximate surface area is 201 Å². The molecule has 0 bridgehead atoms. The molecule has 1 aromatic rings. The van der Waals surface area contributed by atoms with Crippen molar-refractivity contribution >= 4 is 11.8 Å². The van der Waals surface area contributed by atoms with Gasteiger partial charge in [0, 0.05) is 69.3 Å². The molecule has 4 aliphatic rings. The van der Waals surface area contributed by atoms with Crippen LogP contribution in [0.25, 0.3) is 0 Å². The van der Waals surface area contributed by atoms with E-state index in [9.17, 15) is 14.0 Å². The number of ether oxygens (including phenoxy) is 2. The fourth-order valence-electron chi connectivity index (χ4n) is 5.81. The highest BCUT2D eigenvalue weighted by molar-refractivity contribution is 5.78. The van der Waals surface area contributed by atoms with Crippen molar-refractivity contribution in [2.45, 2.75) is 69.3 Å². The van der Waals surface area contributed by atoms with Gasteiger partial charge in [0.2, 0.25) is 11.8 Å². The normalized spacial score (nSPS) is 28.6. The first-order valence-corrected chi connectivity index (χ1v) is 12.5. The summed E-state index contributed by atoms with van der Waals surface area (Å²) in [4.78, 5) is 31.9. The minimum atomic E-state index is -0.291. The zero-order valence-corrected chi connectivity index (χ0v) is 20.4. The number of likely N-dealkylation sites (tertiary alicyclic amines) is 1. The third kappa shape index (κ3) is 4.80. The van der Waals surface area contributed by atoms with Crippen molar-refractivity contribution in [2.24, 2.45) is 11.8 Å². The Kier molecular flexibility index (Phi) is 6.55. The van der Waals surface area contributed by atoms with E-state index < -0.39 is 0 Å². The number of rotatable bonds is 9. The monoisotopic (exact) mass is 473 g/mol. The van der Waals surface area contributed by atoms with Gasteiger partial charge in [0.25, 0.3) is 0 Å². The Morgan fingerprint density at radius 2 is 1.74 bits per heavy atom. The molecule has 2 aliphatic carbocycles. The van der Waals surface area contributed by atoms with Gasteiger partial charge in [-0.2, -0.15) is 0 Å². The van der Waals surface area contributed by atoms with Gasteiger partial charge < -0.3 is 19.3 Å². The molecule has 8 heteroatoms. The molecule has 2 heterocycles. The SMILES string of the molecule is COc1ccc(CN2C[C@@H](CC(=O)N(C)C3CC3)[C@H]3[C@H](CC(=O)N(C)C4CC4)OC[C@H]32)c(F)c1. The molecule has 0 spiro atoms. The van der Waals surface area contributed by atoms with Crippen molar-refractivity contribution in [3.63, 3.8) is 0 Å². The lowest BCUT2D eigenvalue weighted by atomic mass is 9.84. The molecule has 0 radical (unpaired) electrons. The second-order valence-electron chi connectivity index (χ2n) is 10.5. The summed E-state index contributed by atoms with van der Waals surface area (Å²) >= 11 is 0. The van der Waals surface area contributed by atoms with E-state index in [0.717, 1.165) is 25.7 Å². The summed E-state index contributed by atoms with van der Waals surface area (Å²) in [5.41, 5.74) is 0.606. The number of amides is 2. The molecular formula is C26H36FN3O4. The average molecular weight is 474 g/mol. The molecule has 0 unspecified atom stereocenters. The molecule has 0 N–H and O–H groups in total. The van der Waals surface area contributed by atoms with Crippen LogP contribution in [0.2, 0.25) is 0 Å². The maximum Gasteiger partial charge on any atom is 0.225 e. The predicted molar refractivity (Wildman–Crippen MR) is 125 cm³/mol. The average Bonchev–Trinajstić information content (AvgIpc) is 3.75. The number of benzene rings is 1. The number of nitrogens with zero attached hydrogens (tertiary/aromatic N) is 3. The zero-order chi connectivity index (χ0) is 24.0. The molecule has 2 saturated carbocycles. The summed E-state index contributed by atoms with van der Waals surface area (Å²) in [5, 5.41) is 0. The second-order valence-corrected chi connectivity index (χ2v) is 10.5. The molecule has 2 aliphatic heterocycles. The molecule has 4 fully saturated rings. The van der Waals surface area contributed by atoms with Gasteiger partial charge in [0.1, 0.15) is 11.6 Å². The third-order valence-electron chi connectivity index (χ3n) is 8.26. The van der Waals surface area contributed by atoms with Crippen LogP contribution in [-0.4, -0.2) is 85.1 Å². The van der Waals surface area contributed by atoms with Crippen LogP contribution in [0.1, 0.15) is 44.1 Å². The van der Waals surface area contributed by atoms with Gasteiger partial charge in [-0.25, -0.2) is 4.39 Å². The zero-order valence-electron chi connectivity index (χ0n) is 20.4. The molecule has 0 aromatic heterocycles. The standard InChI is InChI=1S/C26H36FN3O4/c1-28(18-5-6-18)24(31)10-17-14-30(13-16-4-9-20(33-3)11-21(16)27)22-15-34-23(26(17)22)12-25(32)29(2)19-7-8-19/h4,9,11,17-19,22-23,26H,5-8,10,12-15H2,1-3H3/t17-,22-,23+,26-/m1/s1. The van der Waals surface area contributed by atoms with E-state index >= 15 is 0 Å². The van der Waals surface area contributed by atoms with E-state index in [-0.39, 0.29) is 41.6 Å². The van der Waals surface area contributed by atoms with Gasteiger partial charge in [-0.1, -0.05) is 6.07 Å². The Morgan fingerprint density at radius 3 is 2.32 bits per heavy atom. The molecule has 2 amide bonds. The highest BCUT2D eigenvalue weighted by Gasteiger charge is 2.52. The van der Waals surface area contributed by atoms with Crippen molar-refractivity contribution in [2.75, 3.05) is 34.4 Å². The van der Waals surface area contributed by atoms with E-state index in [1.165, 1.54) is 13.2 Å². The lowest BCUT2D eigenvalue weighted by Crippen LogP contribution is -2.37. The van der Waals surface area contributed by atoms with Gasteiger partial charge in [0.05, 0.1) is 26.2 Å². The number of halogens is 1. The van der Waals surface area contributed by atoms with Crippen LogP contribution in [0, 0.1) is 17.7 Å². The summed E-state index contributed by atoms with van der Waals surface area (Å²) < 4.78 is 26.0. The minimum absolute atomic E-state index is 0.0783. The van der Waals surface area contributed by atoms with Crippen LogP contribution in [0.15, 0.2) is 18.2 Å². The van der Waals surface area contributed by atoms with Crippen molar-refractivity contribution in [3.8, 4) is 5.75 Å². The Balaban J connectivity index is 1.32. The molecule has 2 saturated heterocycles. The predicted octanol–water partition coefficient (Wildman–Crippen LogP) is 2.67. The fourth-order valence-corrected chi connectivity index (χ4v) is 5.81. The first kappa shape index (κ1) is 23.5. The quantitative estimate of drug-likeness (QED) is 0.552. The molecule has 186 valence electrons. The summed E-state index contributed by atoms with van der Waals surface area (Å²) in [6, 6.07) is 5.77. The van der Waals surface area contributed by atoms with E-state index in [1.807, 2.05) is 23.9 Å². The number of carbonyl (C=O) groups excluding carboxylic acids is 2. The van der Waals surface area contributed by atoms with Crippen molar-refractivity contribution in [1.82, 2.24) is 14.7 Å². The lowest BCUT2D eigenvalue weighted by Gasteiger charge is -2.26. The first-order valence-electron chi connectivity index (χ1n) is 12.5. The van der Waals surface area contributed by atoms with Gasteiger partial charge >= 0.3 is 0 Å². The van der Waals surface area contributed by atoms with E-state index in [0.29, 0.717) is 55.9 Å². The largest absolute Gasteiger partial charge is 0.497 e. The van der Waals surface area contributed by atoms with Crippen molar-refractivity contribution in [3.05, 3.63) is 29.6 Å². The van der Waals surface area contributed by atoms with Gasteiger partial charge in [-0.05, 0) is 37.7 Å². The molecule has 4 atom stereocenters. The van der Waals surface area contributed by atoms with Crippen LogP contribution >= 0.6 is 0 Å². The Morgan fingerprint density at radius 1 is 1.09 bits per heavy atom. The second kappa shape index (κ2) is 9.46. The number of fused-ring (bicyclic) bond motifs is 1. The topological polar surface area (TPSA) is 62.3 Å². The molecule has 7 nitrogen and oxygen atoms in total. The summed E-state index contributed by atoms with van der Waals surface area (Å²) in [7, 11) is 5.30. The van der Waals surface area contributed by atoms with Crippen molar-refractivity contribution < 1.29 is 23.5 Å². The first-order chi connectivity index (χ1) is 16.4. The smallest absolute Gasteiger partial charge is 0.225 e. The van der Waals surface area contributed by atoms with Crippen LogP contribution in [0.5, 0.6) is 5.75 Å². The van der Waals surface area contributed by atoms with Crippen LogP contribution in [0.4, 0.5) is 4.39 Å². The number of methoxy groups -OCH3 is 1. The van der Waals surface area contributed by atoms with Crippen LogP contribution < -0.4 is 4.74 Å². The highest BCUT2D eigenvalue weighted by atomic mass is 19.1. The maximum atomic E-state index is 14.7. The third-order valence-corrected chi connectivity index (χ3v) is 8.26. The summed E-state index contributed by atoms with van der Waals surface area (Å²) in [6.07, 6.45) is 4.90. The molecule has 5 rings (SSSR count). The Bertz CT molecular complexity index is 935. The number of hydrogen-bond acceptors (Lipinski definition) is 5. The van der Waals surface area contributed by atoms with Gasteiger partial charge in [-0.15, -0.1) is 0 Å². The van der Waals surface area contributed by atoms with Crippen molar-refractivity contribution in [1.29, 1.82) is 0 Å². The number of hydrogen-bond donors (Lipinski definition) is 0. The highest BCUT2D eigenvalue weighted by Crippen LogP contribution is 2.43. The fraction of sp³-hybridized carbons (Fsp3) is 0.692. The maximum absolute atomic E-state index is 14.7. The molecule has 1 aromatic carbocycles. The van der Waals surface area contributed by atoms with E-state index in [4.69, 9.17) is 9.47 Å². The minimum Gasteiger partial charge on any atom is -0.497 e. The number of carbonyl (C=O) groups is 2. The molecule has 34 heavy (non-hydrogen) atoms.